The van der Waals surface area contributed by atoms with E-state index in [1.165, 1.54) is 33.7 Å². The van der Waals surface area contributed by atoms with Crippen molar-refractivity contribution in [2.24, 2.45) is 16.7 Å². The van der Waals surface area contributed by atoms with E-state index in [1.807, 2.05) is 6.92 Å². The van der Waals surface area contributed by atoms with Crippen molar-refractivity contribution in [1.82, 2.24) is 0 Å². The van der Waals surface area contributed by atoms with Crippen LogP contribution in [0.1, 0.15) is 57.6 Å². The van der Waals surface area contributed by atoms with Gasteiger partial charge < -0.3 is 23.4 Å². The lowest BCUT2D eigenvalue weighted by Gasteiger charge is -2.49. The molecule has 4 unspecified atom stereocenters. The van der Waals surface area contributed by atoms with Gasteiger partial charge in [-0.1, -0.05) is 6.92 Å². The summed E-state index contributed by atoms with van der Waals surface area (Å²) in [5, 5.41) is 0. The predicted octanol–water partition coefficient (Wildman–Crippen LogP) is 3.04. The summed E-state index contributed by atoms with van der Waals surface area (Å²) in [6.45, 7) is 3.18. The van der Waals surface area contributed by atoms with E-state index in [-0.39, 0.29) is 18.8 Å². The summed E-state index contributed by atoms with van der Waals surface area (Å²) in [7, 11) is 2.39. The van der Waals surface area contributed by atoms with Crippen LogP contribution < -0.4 is 0 Å². The maximum atomic E-state index is 13.5. The van der Waals surface area contributed by atoms with Crippen LogP contribution in [0, 0.1) is 16.7 Å². The second kappa shape index (κ2) is 8.35. The number of ether oxygens (including phenoxy) is 4. The Balaban J connectivity index is 1.96. The Morgan fingerprint density at radius 1 is 1.15 bits per heavy atom. The lowest BCUT2D eigenvalue weighted by Crippen LogP contribution is -2.54. The Labute approximate surface area is 191 Å². The van der Waals surface area contributed by atoms with Crippen LogP contribution in [0.2, 0.25) is 0 Å². The van der Waals surface area contributed by atoms with E-state index in [9.17, 15) is 19.2 Å². The molecular weight excluding hydrogens is 432 g/mol. The van der Waals surface area contributed by atoms with E-state index in [1.54, 1.807) is 6.07 Å². The van der Waals surface area contributed by atoms with Crippen molar-refractivity contribution in [2.45, 2.75) is 58.2 Å². The quantitative estimate of drug-likeness (QED) is 0.289. The highest BCUT2D eigenvalue weighted by molar-refractivity contribution is 6.05. The fourth-order valence-corrected chi connectivity index (χ4v) is 6.04. The van der Waals surface area contributed by atoms with Gasteiger partial charge in [-0.2, -0.15) is 0 Å². The predicted molar refractivity (Wildman–Crippen MR) is 111 cm³/mol. The molecular formula is C24H28O9. The lowest BCUT2D eigenvalue weighted by molar-refractivity contribution is -0.171. The standard InChI is InChI=1S/C24H28O9/c1-13-10-17(32-14(2)25)19-16(6-5-8-23(19,20(26)29-3)21(27)30-4)24(13)11-18(33-22(24)28)15-7-9-31-12-15/h7,9,12-13,17-18H,5-6,8,10-11H2,1-4H3. The van der Waals surface area contributed by atoms with Gasteiger partial charge in [0, 0.05) is 18.9 Å². The maximum Gasteiger partial charge on any atom is 0.327 e. The number of fused-ring (bicyclic) bond motifs is 1. The molecule has 178 valence electrons. The van der Waals surface area contributed by atoms with Gasteiger partial charge >= 0.3 is 23.9 Å². The highest BCUT2D eigenvalue weighted by Crippen LogP contribution is 2.62. The van der Waals surface area contributed by atoms with E-state index in [2.05, 4.69) is 0 Å². The molecule has 0 aromatic carbocycles. The number of esters is 4. The summed E-state index contributed by atoms with van der Waals surface area (Å²) in [4.78, 5) is 51.8. The van der Waals surface area contributed by atoms with Gasteiger partial charge in [-0.25, -0.2) is 0 Å². The van der Waals surface area contributed by atoms with E-state index in [4.69, 9.17) is 23.4 Å². The van der Waals surface area contributed by atoms with E-state index < -0.39 is 46.9 Å². The third-order valence-corrected chi connectivity index (χ3v) is 7.44. The van der Waals surface area contributed by atoms with E-state index in [0.717, 1.165) is 5.56 Å². The molecule has 1 spiro atoms. The first-order valence-electron chi connectivity index (χ1n) is 11.0. The maximum absolute atomic E-state index is 13.5. The second-order valence-electron chi connectivity index (χ2n) is 9.00. The number of cyclic esters (lactones) is 1. The van der Waals surface area contributed by atoms with Gasteiger partial charge in [0.1, 0.15) is 12.2 Å². The van der Waals surface area contributed by atoms with Crippen molar-refractivity contribution < 1.29 is 42.5 Å². The molecule has 0 saturated carbocycles. The van der Waals surface area contributed by atoms with Crippen molar-refractivity contribution in [3.63, 3.8) is 0 Å². The SMILES string of the molecule is COC(=O)C1(C(=O)OC)CCCC2=C1C(OC(C)=O)CC(C)C21CC(c2ccoc2)OC1=O. The topological polar surface area (TPSA) is 118 Å². The minimum absolute atomic E-state index is 0.133. The number of furan rings is 1. The zero-order valence-corrected chi connectivity index (χ0v) is 19.2. The minimum Gasteiger partial charge on any atom is -0.472 e. The Morgan fingerprint density at radius 2 is 1.85 bits per heavy atom. The molecule has 3 aliphatic rings. The summed E-state index contributed by atoms with van der Waals surface area (Å²) in [6, 6.07) is 1.75. The van der Waals surface area contributed by atoms with Gasteiger partial charge in [-0.05, 0) is 48.8 Å². The van der Waals surface area contributed by atoms with Gasteiger partial charge in [-0.15, -0.1) is 0 Å². The van der Waals surface area contributed by atoms with Crippen molar-refractivity contribution >= 4 is 23.9 Å². The first kappa shape index (κ1) is 23.1. The van der Waals surface area contributed by atoms with Gasteiger partial charge in [0.15, 0.2) is 5.41 Å². The molecule has 2 aliphatic carbocycles. The van der Waals surface area contributed by atoms with Gasteiger partial charge in [0.2, 0.25) is 0 Å². The first-order chi connectivity index (χ1) is 15.7. The average Bonchev–Trinajstić information content (AvgIpc) is 3.44. The highest BCUT2D eigenvalue weighted by atomic mass is 16.6. The highest BCUT2D eigenvalue weighted by Gasteiger charge is 2.65. The molecule has 0 amide bonds. The Morgan fingerprint density at radius 3 is 2.42 bits per heavy atom. The summed E-state index contributed by atoms with van der Waals surface area (Å²) >= 11 is 0. The molecule has 0 N–H and O–H groups in total. The van der Waals surface area contributed by atoms with Crippen molar-refractivity contribution in [3.05, 3.63) is 35.3 Å². The number of carbonyl (C=O) groups excluding carboxylic acids is 4. The van der Waals surface area contributed by atoms with Crippen molar-refractivity contribution in [2.75, 3.05) is 14.2 Å². The smallest absolute Gasteiger partial charge is 0.327 e. The van der Waals surface area contributed by atoms with Crippen molar-refractivity contribution in [3.8, 4) is 0 Å². The van der Waals surface area contributed by atoms with Crippen LogP contribution in [0.15, 0.2) is 34.2 Å². The van der Waals surface area contributed by atoms with Crippen LogP contribution in [0.4, 0.5) is 0 Å². The largest absolute Gasteiger partial charge is 0.472 e. The van der Waals surface area contributed by atoms with Gasteiger partial charge in [-0.3, -0.25) is 19.2 Å². The summed E-state index contributed by atoms with van der Waals surface area (Å²) in [5.41, 5.74) is -1.20. The zero-order valence-electron chi connectivity index (χ0n) is 19.2. The van der Waals surface area contributed by atoms with Gasteiger partial charge in [0.25, 0.3) is 0 Å². The fraction of sp³-hybridized carbons (Fsp3) is 0.583. The summed E-state index contributed by atoms with van der Waals surface area (Å²) < 4.78 is 26.7. The molecule has 9 heteroatoms. The summed E-state index contributed by atoms with van der Waals surface area (Å²) in [6.07, 6.45) is 3.29. The average molecular weight is 460 g/mol. The Hall–Kier alpha value is -3.10. The number of hydrogen-bond acceptors (Lipinski definition) is 9. The number of hydrogen-bond donors (Lipinski definition) is 0. The molecule has 33 heavy (non-hydrogen) atoms. The third kappa shape index (κ3) is 3.28. The Kier molecular flexibility index (Phi) is 5.84. The molecule has 0 bridgehead atoms. The zero-order chi connectivity index (χ0) is 24.0. The van der Waals surface area contributed by atoms with Crippen LogP contribution >= 0.6 is 0 Å². The molecule has 1 aliphatic heterocycles. The second-order valence-corrected chi connectivity index (χ2v) is 9.00. The van der Waals surface area contributed by atoms with Gasteiger partial charge in [0.05, 0.1) is 32.2 Å². The van der Waals surface area contributed by atoms with Crippen LogP contribution in [0.25, 0.3) is 0 Å². The number of rotatable bonds is 4. The van der Waals surface area contributed by atoms with Crippen LogP contribution in [-0.4, -0.2) is 44.2 Å². The Bertz CT molecular complexity index is 989. The van der Waals surface area contributed by atoms with Crippen LogP contribution in [0.3, 0.4) is 0 Å². The molecule has 4 atom stereocenters. The molecule has 1 fully saturated rings. The molecule has 0 radical (unpaired) electrons. The van der Waals surface area contributed by atoms with Crippen molar-refractivity contribution in [1.29, 1.82) is 0 Å². The molecule has 1 aromatic heterocycles. The monoisotopic (exact) mass is 460 g/mol. The molecule has 9 nitrogen and oxygen atoms in total. The lowest BCUT2D eigenvalue weighted by atomic mass is 9.53. The summed E-state index contributed by atoms with van der Waals surface area (Å²) in [5.74, 6) is -2.81. The molecule has 2 heterocycles. The van der Waals surface area contributed by atoms with E-state index >= 15 is 0 Å². The minimum atomic E-state index is -1.79. The van der Waals surface area contributed by atoms with Crippen LogP contribution in [0.5, 0.6) is 0 Å². The van der Waals surface area contributed by atoms with Crippen LogP contribution in [-0.2, 0) is 38.1 Å². The molecule has 1 aromatic rings. The number of carbonyl (C=O) groups is 4. The fourth-order valence-electron chi connectivity index (χ4n) is 6.04. The van der Waals surface area contributed by atoms with E-state index in [0.29, 0.717) is 30.4 Å². The molecule has 1 saturated heterocycles. The first-order valence-corrected chi connectivity index (χ1v) is 11.0. The number of methoxy groups -OCH3 is 2. The molecule has 4 rings (SSSR count). The normalized spacial score (nSPS) is 30.4. The third-order valence-electron chi connectivity index (χ3n) is 7.44.